The van der Waals surface area contributed by atoms with Crippen molar-refractivity contribution in [1.29, 1.82) is 0 Å². The predicted molar refractivity (Wildman–Crippen MR) is 125 cm³/mol. The number of unbranched alkanes of at least 4 members (excludes halogenated alkanes) is 1. The maximum absolute atomic E-state index is 12.2. The molecule has 0 saturated heterocycles. The molecule has 0 fully saturated rings. The number of hydrazone groups is 1. The standard InChI is InChI=1S/C23H26BrN3O4/c1-3-5-13-30-20-9-6-17(7-10-20)23(29)25-16-22(28)27-26-15-18-14-19(24)8-11-21(18)31-12-4-2/h4,6-11,14-15H,2-3,5,12-13,16H2,1H3,(H,25,29)(H,27,28)/b26-15-. The van der Waals surface area contributed by atoms with Crippen LogP contribution in [0.5, 0.6) is 11.5 Å². The largest absolute Gasteiger partial charge is 0.494 e. The molecular weight excluding hydrogens is 462 g/mol. The van der Waals surface area contributed by atoms with Crippen molar-refractivity contribution < 1.29 is 19.1 Å². The minimum atomic E-state index is -0.451. The number of hydrogen-bond donors (Lipinski definition) is 2. The van der Waals surface area contributed by atoms with Crippen molar-refractivity contribution in [2.24, 2.45) is 5.10 Å². The molecule has 31 heavy (non-hydrogen) atoms. The second-order valence-electron chi connectivity index (χ2n) is 6.48. The molecule has 7 nitrogen and oxygen atoms in total. The lowest BCUT2D eigenvalue weighted by atomic mass is 10.2. The maximum atomic E-state index is 12.2. The van der Waals surface area contributed by atoms with Crippen molar-refractivity contribution in [2.45, 2.75) is 19.8 Å². The van der Waals surface area contributed by atoms with Gasteiger partial charge in [-0.2, -0.15) is 5.10 Å². The second kappa shape index (κ2) is 13.2. The molecule has 0 bridgehead atoms. The molecule has 0 unspecified atom stereocenters. The van der Waals surface area contributed by atoms with Gasteiger partial charge in [-0.1, -0.05) is 41.9 Å². The average molecular weight is 488 g/mol. The Labute approximate surface area is 190 Å². The van der Waals surface area contributed by atoms with E-state index in [1.165, 1.54) is 6.21 Å². The number of carbonyl (C=O) groups is 2. The summed E-state index contributed by atoms with van der Waals surface area (Å²) >= 11 is 3.39. The fourth-order valence-corrected chi connectivity index (χ4v) is 2.79. The van der Waals surface area contributed by atoms with E-state index < -0.39 is 5.91 Å². The molecule has 0 saturated carbocycles. The Morgan fingerprint density at radius 1 is 1.16 bits per heavy atom. The van der Waals surface area contributed by atoms with Crippen LogP contribution in [0.25, 0.3) is 0 Å². The van der Waals surface area contributed by atoms with Crippen molar-refractivity contribution in [2.75, 3.05) is 19.8 Å². The van der Waals surface area contributed by atoms with Crippen LogP contribution in [0.15, 0.2) is 64.7 Å². The van der Waals surface area contributed by atoms with Crippen LogP contribution >= 0.6 is 15.9 Å². The highest BCUT2D eigenvalue weighted by Gasteiger charge is 2.08. The third-order valence-corrected chi connectivity index (χ3v) is 4.51. The molecule has 0 aromatic heterocycles. The highest BCUT2D eigenvalue weighted by Crippen LogP contribution is 2.21. The Bertz CT molecular complexity index is 914. The third-order valence-electron chi connectivity index (χ3n) is 4.01. The molecule has 164 valence electrons. The molecule has 0 spiro atoms. The summed E-state index contributed by atoms with van der Waals surface area (Å²) in [5.74, 6) is 0.511. The number of ether oxygens (including phenoxy) is 2. The Balaban J connectivity index is 1.82. The topological polar surface area (TPSA) is 89.0 Å². The molecule has 0 aliphatic carbocycles. The Morgan fingerprint density at radius 2 is 1.94 bits per heavy atom. The molecule has 2 rings (SSSR count). The number of nitrogens with zero attached hydrogens (tertiary/aromatic N) is 1. The zero-order valence-corrected chi connectivity index (χ0v) is 19.0. The van der Waals surface area contributed by atoms with E-state index in [1.807, 2.05) is 12.1 Å². The molecule has 0 heterocycles. The van der Waals surface area contributed by atoms with Crippen LogP contribution in [-0.4, -0.2) is 37.8 Å². The number of carbonyl (C=O) groups excluding carboxylic acids is 2. The summed E-state index contributed by atoms with van der Waals surface area (Å²) in [7, 11) is 0. The van der Waals surface area contributed by atoms with Crippen LogP contribution in [0, 0.1) is 0 Å². The Morgan fingerprint density at radius 3 is 2.65 bits per heavy atom. The van der Waals surface area contributed by atoms with Crippen LogP contribution in [0.4, 0.5) is 0 Å². The molecule has 0 radical (unpaired) electrons. The van der Waals surface area contributed by atoms with Crippen molar-refractivity contribution in [3.8, 4) is 11.5 Å². The number of hydrogen-bond acceptors (Lipinski definition) is 5. The van der Waals surface area contributed by atoms with E-state index in [1.54, 1.807) is 36.4 Å². The van der Waals surface area contributed by atoms with Gasteiger partial charge in [0.1, 0.15) is 18.1 Å². The van der Waals surface area contributed by atoms with Gasteiger partial charge in [-0.05, 0) is 48.9 Å². The number of nitrogens with one attached hydrogen (secondary N) is 2. The van der Waals surface area contributed by atoms with Gasteiger partial charge in [0.25, 0.3) is 11.8 Å². The first-order chi connectivity index (χ1) is 15.0. The van der Waals surface area contributed by atoms with Gasteiger partial charge in [-0.15, -0.1) is 0 Å². The molecule has 2 aromatic carbocycles. The van der Waals surface area contributed by atoms with Crippen LogP contribution in [-0.2, 0) is 4.79 Å². The first kappa shape index (κ1) is 24.1. The van der Waals surface area contributed by atoms with Gasteiger partial charge in [-0.3, -0.25) is 9.59 Å². The summed E-state index contributed by atoms with van der Waals surface area (Å²) in [6, 6.07) is 12.2. The Kier molecular flexibility index (Phi) is 10.3. The normalized spacial score (nSPS) is 10.5. The van der Waals surface area contributed by atoms with Crippen LogP contribution in [0.1, 0.15) is 35.7 Å². The lowest BCUT2D eigenvalue weighted by molar-refractivity contribution is -0.120. The Hall–Kier alpha value is -3.13. The molecular formula is C23H26BrN3O4. The summed E-state index contributed by atoms with van der Waals surface area (Å²) in [5, 5.41) is 6.49. The number of rotatable bonds is 12. The van der Waals surface area contributed by atoms with Crippen molar-refractivity contribution in [3.05, 3.63) is 70.7 Å². The van der Waals surface area contributed by atoms with Gasteiger partial charge < -0.3 is 14.8 Å². The highest BCUT2D eigenvalue weighted by atomic mass is 79.9. The summed E-state index contributed by atoms with van der Waals surface area (Å²) in [4.78, 5) is 24.2. The molecule has 8 heteroatoms. The number of benzene rings is 2. The average Bonchev–Trinajstić information content (AvgIpc) is 2.77. The SMILES string of the molecule is C=CCOc1ccc(Br)cc1/C=N\NC(=O)CNC(=O)c1ccc(OCCCC)cc1. The van der Waals surface area contributed by atoms with Crippen molar-refractivity contribution in [3.63, 3.8) is 0 Å². The maximum Gasteiger partial charge on any atom is 0.259 e. The van der Waals surface area contributed by atoms with E-state index in [2.05, 4.69) is 45.3 Å². The van der Waals surface area contributed by atoms with Crippen LogP contribution in [0.3, 0.4) is 0 Å². The molecule has 0 aliphatic rings. The summed E-state index contributed by atoms with van der Waals surface area (Å²) < 4.78 is 12.0. The summed E-state index contributed by atoms with van der Waals surface area (Å²) in [6.07, 6.45) is 5.14. The smallest absolute Gasteiger partial charge is 0.259 e. The molecule has 2 amide bonds. The van der Waals surface area contributed by atoms with E-state index in [-0.39, 0.29) is 12.5 Å². The van der Waals surface area contributed by atoms with Gasteiger partial charge in [0.15, 0.2) is 0 Å². The van der Waals surface area contributed by atoms with E-state index >= 15 is 0 Å². The lowest BCUT2D eigenvalue weighted by Crippen LogP contribution is -2.34. The minimum absolute atomic E-state index is 0.205. The highest BCUT2D eigenvalue weighted by molar-refractivity contribution is 9.10. The summed E-state index contributed by atoms with van der Waals surface area (Å²) in [5.41, 5.74) is 3.51. The zero-order chi connectivity index (χ0) is 22.5. The van der Waals surface area contributed by atoms with Gasteiger partial charge in [0.2, 0.25) is 0 Å². The van der Waals surface area contributed by atoms with E-state index in [9.17, 15) is 9.59 Å². The predicted octanol–water partition coefficient (Wildman–Crippen LogP) is 4.07. The van der Waals surface area contributed by atoms with Gasteiger partial charge in [0, 0.05) is 15.6 Å². The lowest BCUT2D eigenvalue weighted by Gasteiger charge is -2.08. The van der Waals surface area contributed by atoms with E-state index in [0.717, 1.165) is 17.3 Å². The first-order valence-electron chi connectivity index (χ1n) is 9.89. The molecule has 0 atom stereocenters. The molecule has 0 aliphatic heterocycles. The van der Waals surface area contributed by atoms with E-state index in [0.29, 0.717) is 35.8 Å². The van der Waals surface area contributed by atoms with Crippen molar-refractivity contribution >= 4 is 34.0 Å². The van der Waals surface area contributed by atoms with Crippen LogP contribution < -0.4 is 20.2 Å². The molecule has 2 N–H and O–H groups in total. The number of halogens is 1. The zero-order valence-electron chi connectivity index (χ0n) is 17.4. The third kappa shape index (κ3) is 8.64. The minimum Gasteiger partial charge on any atom is -0.494 e. The number of amides is 2. The first-order valence-corrected chi connectivity index (χ1v) is 10.7. The van der Waals surface area contributed by atoms with Crippen molar-refractivity contribution in [1.82, 2.24) is 10.7 Å². The van der Waals surface area contributed by atoms with E-state index in [4.69, 9.17) is 9.47 Å². The monoisotopic (exact) mass is 487 g/mol. The molecule has 2 aromatic rings. The fourth-order valence-electron chi connectivity index (χ4n) is 2.41. The quantitative estimate of drug-likeness (QED) is 0.204. The summed E-state index contributed by atoms with van der Waals surface area (Å²) in [6.45, 7) is 6.50. The second-order valence-corrected chi connectivity index (χ2v) is 7.40. The van der Waals surface area contributed by atoms with Gasteiger partial charge >= 0.3 is 0 Å². The van der Waals surface area contributed by atoms with Gasteiger partial charge in [0.05, 0.1) is 19.4 Å². The fraction of sp³-hybridized carbons (Fsp3) is 0.261. The van der Waals surface area contributed by atoms with Crippen LogP contribution in [0.2, 0.25) is 0 Å². The van der Waals surface area contributed by atoms with Gasteiger partial charge in [-0.25, -0.2) is 5.43 Å².